The van der Waals surface area contributed by atoms with Gasteiger partial charge in [0.25, 0.3) is 0 Å². The number of hydrogen-bond donors (Lipinski definition) is 1. The number of hydroxylamine groups is 1. The van der Waals surface area contributed by atoms with Gasteiger partial charge in [0.05, 0.1) is 18.7 Å². The Balaban J connectivity index is 1.32. The van der Waals surface area contributed by atoms with E-state index in [1.807, 2.05) is 30.3 Å². The Morgan fingerprint density at radius 1 is 1.40 bits per heavy atom. The summed E-state index contributed by atoms with van der Waals surface area (Å²) in [7, 11) is 0. The number of aliphatic imine (C=N–C) groups is 1. The number of nitrogens with zero attached hydrogens (tertiary/aromatic N) is 3. The summed E-state index contributed by atoms with van der Waals surface area (Å²) in [6.45, 7) is 1.20. The molecule has 1 N–H and O–H groups in total. The molecule has 1 aliphatic carbocycles. The van der Waals surface area contributed by atoms with E-state index in [-0.39, 0.29) is 30.0 Å². The fraction of sp³-hybridized carbons (Fsp3) is 0.526. The molecule has 4 atom stereocenters. The molecule has 6 heteroatoms. The molecule has 1 aromatic rings. The zero-order valence-electron chi connectivity index (χ0n) is 14.1. The molecule has 1 saturated heterocycles. The molecular weight excluding hydrogens is 316 g/mol. The van der Waals surface area contributed by atoms with Crippen LogP contribution in [0, 0.1) is 17.2 Å². The number of benzene rings is 1. The third-order valence-electron chi connectivity index (χ3n) is 5.41. The van der Waals surface area contributed by atoms with Crippen LogP contribution in [0.3, 0.4) is 0 Å². The summed E-state index contributed by atoms with van der Waals surface area (Å²) in [6, 6.07) is 11.8. The van der Waals surface area contributed by atoms with Crippen molar-refractivity contribution < 1.29 is 9.63 Å². The van der Waals surface area contributed by atoms with E-state index in [4.69, 9.17) is 4.84 Å². The van der Waals surface area contributed by atoms with Gasteiger partial charge in [0.2, 0.25) is 5.91 Å². The zero-order chi connectivity index (χ0) is 17.2. The average Bonchev–Trinajstić information content (AvgIpc) is 3.37. The van der Waals surface area contributed by atoms with Crippen LogP contribution in [-0.4, -0.2) is 41.2 Å². The molecule has 2 heterocycles. The third-order valence-corrected chi connectivity index (χ3v) is 5.41. The van der Waals surface area contributed by atoms with Gasteiger partial charge in [0, 0.05) is 12.3 Å². The molecule has 4 rings (SSSR count). The molecule has 0 spiro atoms. The van der Waals surface area contributed by atoms with E-state index >= 15 is 0 Å². The Bertz CT molecular complexity index is 712. The van der Waals surface area contributed by atoms with E-state index in [1.165, 1.54) is 0 Å². The summed E-state index contributed by atoms with van der Waals surface area (Å²) in [4.78, 5) is 24.7. The Labute approximate surface area is 147 Å². The Hall–Kier alpha value is -2.23. The van der Waals surface area contributed by atoms with E-state index in [9.17, 15) is 10.1 Å². The lowest BCUT2D eigenvalue weighted by Gasteiger charge is -2.27. The molecule has 0 aromatic heterocycles. The molecule has 1 unspecified atom stereocenters. The largest absolute Gasteiger partial charge is 0.325 e. The molecular formula is C19H22N4O2. The summed E-state index contributed by atoms with van der Waals surface area (Å²) in [5.74, 6) is 0.271. The van der Waals surface area contributed by atoms with Gasteiger partial charge < -0.3 is 4.90 Å². The minimum Gasteiger partial charge on any atom is -0.325 e. The Morgan fingerprint density at radius 2 is 2.24 bits per heavy atom. The summed E-state index contributed by atoms with van der Waals surface area (Å²) >= 11 is 0. The van der Waals surface area contributed by atoms with Crippen LogP contribution in [0.15, 0.2) is 35.3 Å². The van der Waals surface area contributed by atoms with Gasteiger partial charge in [-0.1, -0.05) is 30.3 Å². The normalized spacial score (nSPS) is 30.4. The molecule has 6 nitrogen and oxygen atoms in total. The summed E-state index contributed by atoms with van der Waals surface area (Å²) in [5, 5.41) is 9.19. The van der Waals surface area contributed by atoms with Crippen molar-refractivity contribution in [2.75, 3.05) is 6.54 Å². The van der Waals surface area contributed by atoms with Gasteiger partial charge in [-0.3, -0.25) is 14.6 Å². The minimum atomic E-state index is -0.295. The predicted octanol–water partition coefficient (Wildman–Crippen LogP) is 1.82. The van der Waals surface area contributed by atoms with Crippen LogP contribution in [0.5, 0.6) is 0 Å². The van der Waals surface area contributed by atoms with Crippen molar-refractivity contribution in [3.63, 3.8) is 0 Å². The van der Waals surface area contributed by atoms with Crippen LogP contribution in [0.25, 0.3) is 0 Å². The number of amides is 1. The van der Waals surface area contributed by atoms with E-state index in [2.05, 4.69) is 16.5 Å². The molecule has 3 aliphatic rings. The molecule has 130 valence electrons. The van der Waals surface area contributed by atoms with Gasteiger partial charge in [-0.2, -0.15) is 10.7 Å². The number of fused-ring (bicyclic) bond motifs is 2. The van der Waals surface area contributed by atoms with Gasteiger partial charge in [-0.25, -0.2) is 0 Å². The predicted molar refractivity (Wildman–Crippen MR) is 92.4 cm³/mol. The first-order chi connectivity index (χ1) is 12.3. The van der Waals surface area contributed by atoms with Gasteiger partial charge in [0.15, 0.2) is 0 Å². The van der Waals surface area contributed by atoms with Gasteiger partial charge >= 0.3 is 0 Å². The molecule has 0 radical (unpaired) electrons. The first kappa shape index (κ1) is 16.2. The van der Waals surface area contributed by atoms with Crippen molar-refractivity contribution in [1.82, 2.24) is 10.4 Å². The summed E-state index contributed by atoms with van der Waals surface area (Å²) in [5.41, 5.74) is 5.25. The van der Waals surface area contributed by atoms with Crippen molar-refractivity contribution in [1.29, 1.82) is 5.26 Å². The van der Waals surface area contributed by atoms with Crippen LogP contribution in [-0.2, 0) is 16.2 Å². The topological polar surface area (TPSA) is 77.7 Å². The molecule has 25 heavy (non-hydrogen) atoms. The molecule has 2 bridgehead atoms. The van der Waals surface area contributed by atoms with Crippen LogP contribution in [0.4, 0.5) is 0 Å². The highest BCUT2D eigenvalue weighted by atomic mass is 16.6. The first-order valence-corrected chi connectivity index (χ1v) is 8.94. The van der Waals surface area contributed by atoms with E-state index < -0.39 is 0 Å². The average molecular weight is 338 g/mol. The fourth-order valence-corrected chi connectivity index (χ4v) is 4.11. The second-order valence-corrected chi connectivity index (χ2v) is 7.03. The zero-order valence-corrected chi connectivity index (χ0v) is 14.1. The lowest BCUT2D eigenvalue weighted by atomic mass is 9.97. The Morgan fingerprint density at radius 3 is 2.96 bits per heavy atom. The van der Waals surface area contributed by atoms with Crippen LogP contribution < -0.4 is 5.48 Å². The highest BCUT2D eigenvalue weighted by Crippen LogP contribution is 2.37. The number of likely N-dealkylation sites (tertiary alicyclic amines) is 1. The van der Waals surface area contributed by atoms with Crippen LogP contribution >= 0.6 is 0 Å². The van der Waals surface area contributed by atoms with E-state index in [0.717, 1.165) is 37.0 Å². The van der Waals surface area contributed by atoms with Crippen molar-refractivity contribution in [3.05, 3.63) is 35.9 Å². The van der Waals surface area contributed by atoms with Crippen molar-refractivity contribution >= 4 is 11.6 Å². The lowest BCUT2D eigenvalue weighted by Crippen LogP contribution is -2.45. The van der Waals surface area contributed by atoms with Gasteiger partial charge in [-0.15, -0.1) is 0 Å². The smallest absolute Gasteiger partial charge is 0.248 e. The van der Waals surface area contributed by atoms with Crippen molar-refractivity contribution in [3.8, 4) is 6.07 Å². The second-order valence-electron chi connectivity index (χ2n) is 7.03. The summed E-state index contributed by atoms with van der Waals surface area (Å²) in [6.07, 6.45) is 3.42. The molecule has 2 fully saturated rings. The first-order valence-electron chi connectivity index (χ1n) is 8.94. The SMILES string of the molecule is N#C[C@@H]1CCCN1C(=O)[C@H]1N=C2C[C@H]1CC2NOCc1ccccc1. The number of hydrogen-bond acceptors (Lipinski definition) is 5. The van der Waals surface area contributed by atoms with Crippen LogP contribution in [0.2, 0.25) is 0 Å². The Kier molecular flexibility index (Phi) is 4.51. The van der Waals surface area contributed by atoms with Gasteiger partial charge in [0.1, 0.15) is 12.1 Å². The van der Waals surface area contributed by atoms with Crippen molar-refractivity contribution in [2.45, 2.75) is 50.4 Å². The number of nitrogens with one attached hydrogen (secondary N) is 1. The van der Waals surface area contributed by atoms with Crippen LogP contribution in [0.1, 0.15) is 31.2 Å². The van der Waals surface area contributed by atoms with E-state index in [1.54, 1.807) is 4.90 Å². The monoisotopic (exact) mass is 338 g/mol. The maximum absolute atomic E-state index is 12.7. The second kappa shape index (κ2) is 6.95. The maximum atomic E-state index is 12.7. The van der Waals surface area contributed by atoms with E-state index in [0.29, 0.717) is 13.2 Å². The third kappa shape index (κ3) is 3.17. The number of rotatable bonds is 5. The van der Waals surface area contributed by atoms with Gasteiger partial charge in [-0.05, 0) is 37.2 Å². The quantitative estimate of drug-likeness (QED) is 0.831. The molecule has 1 saturated carbocycles. The lowest BCUT2D eigenvalue weighted by molar-refractivity contribution is -0.133. The highest BCUT2D eigenvalue weighted by molar-refractivity contribution is 5.99. The highest BCUT2D eigenvalue weighted by Gasteiger charge is 2.47. The summed E-state index contributed by atoms with van der Waals surface area (Å²) < 4.78 is 0. The standard InChI is InChI=1S/C19H22N4O2/c20-11-15-7-4-8-23(15)19(24)18-14-9-16(21-18)17(10-14)22-25-12-13-5-2-1-3-6-13/h1-3,5-6,14-15,17-18,22H,4,7-10,12H2/t14-,15-,17?,18-/m0/s1. The molecule has 1 aromatic carbocycles. The van der Waals surface area contributed by atoms with Crippen molar-refractivity contribution in [2.24, 2.45) is 10.9 Å². The maximum Gasteiger partial charge on any atom is 0.248 e. The number of carbonyl (C=O) groups excluding carboxylic acids is 1. The number of carbonyl (C=O) groups is 1. The minimum absolute atomic E-state index is 0.0349. The molecule has 1 amide bonds. The number of nitriles is 1. The molecule has 2 aliphatic heterocycles. The fourth-order valence-electron chi connectivity index (χ4n) is 4.11.